The summed E-state index contributed by atoms with van der Waals surface area (Å²) < 4.78 is 56.4. The van der Waals surface area contributed by atoms with Crippen LogP contribution in [0.1, 0.15) is 102 Å². The number of aliphatic hydroxyl groups is 2. The number of aliphatic hydroxyl groups excluding tert-OH is 2. The number of hydrogen-bond acceptors (Lipinski definition) is 9. The number of hydrogen-bond donors (Lipinski definition) is 7. The zero-order valence-corrected chi connectivity index (χ0v) is 43.3. The van der Waals surface area contributed by atoms with E-state index in [4.69, 9.17) is 0 Å². The van der Waals surface area contributed by atoms with Gasteiger partial charge in [0.1, 0.15) is 23.3 Å². The molecule has 4 atom stereocenters. The summed E-state index contributed by atoms with van der Waals surface area (Å²) in [6.45, 7) is 19.4. The number of halogens is 4. The molecule has 0 aliphatic carbocycles. The Balaban J connectivity index is 0.000000264. The molecule has 2 heterocycles. The maximum absolute atomic E-state index is 13.6. The number of amides is 2. The first-order valence-corrected chi connectivity index (χ1v) is 24.8. The highest BCUT2D eigenvalue weighted by Crippen LogP contribution is 2.30. The zero-order valence-electron chi connectivity index (χ0n) is 42.4. The lowest BCUT2D eigenvalue weighted by atomic mass is 9.87. The summed E-state index contributed by atoms with van der Waals surface area (Å²) in [5, 5.41) is 34.3. The smallest absolute Gasteiger partial charge is 0.217 e. The van der Waals surface area contributed by atoms with Gasteiger partial charge in [-0.25, -0.2) is 22.5 Å². The molecule has 1 aliphatic rings. The molecular formula is C55H73F4N7O4S. The number of nitrogens with one attached hydrogen (secondary N) is 4. The van der Waals surface area contributed by atoms with Gasteiger partial charge in [0.25, 0.3) is 0 Å². The van der Waals surface area contributed by atoms with Crippen molar-refractivity contribution in [1.29, 1.82) is 0 Å². The van der Waals surface area contributed by atoms with Crippen LogP contribution in [0.5, 0.6) is 0 Å². The van der Waals surface area contributed by atoms with E-state index >= 15 is 0 Å². The molecule has 11 nitrogen and oxygen atoms in total. The van der Waals surface area contributed by atoms with Crippen molar-refractivity contribution in [3.05, 3.63) is 142 Å². The van der Waals surface area contributed by atoms with Crippen LogP contribution in [-0.2, 0) is 48.4 Å². The average Bonchev–Trinajstić information content (AvgIpc) is 3.94. The molecule has 1 aliphatic heterocycles. The lowest BCUT2D eigenvalue weighted by Crippen LogP contribution is -2.48. The molecule has 6 rings (SSSR count). The minimum Gasteiger partial charge on any atom is -0.390 e. The van der Waals surface area contributed by atoms with Gasteiger partial charge >= 0.3 is 0 Å². The topological polar surface area (TPSA) is 144 Å². The highest BCUT2D eigenvalue weighted by atomic mass is 32.1. The molecular weight excluding hydrogens is 931 g/mol. The fraction of sp³-hybridized carbons (Fsp3) is 0.473. The van der Waals surface area contributed by atoms with Crippen molar-refractivity contribution in [3.8, 4) is 5.69 Å². The van der Waals surface area contributed by atoms with E-state index in [1.165, 1.54) is 73.3 Å². The number of anilines is 1. The van der Waals surface area contributed by atoms with Gasteiger partial charge in [0.15, 0.2) is 5.16 Å². The first-order chi connectivity index (χ1) is 33.4. The summed E-state index contributed by atoms with van der Waals surface area (Å²) in [5.41, 5.74) is 7.82. The van der Waals surface area contributed by atoms with E-state index in [2.05, 4.69) is 116 Å². The maximum Gasteiger partial charge on any atom is 0.217 e. The second kappa shape index (κ2) is 25.9. The zero-order chi connectivity index (χ0) is 52.0. The first kappa shape index (κ1) is 56.7. The van der Waals surface area contributed by atoms with Gasteiger partial charge in [0.2, 0.25) is 11.8 Å². The predicted octanol–water partition coefficient (Wildman–Crippen LogP) is 8.58. The number of aromatic nitrogens is 2. The molecule has 1 aromatic heterocycles. The lowest BCUT2D eigenvalue weighted by Gasteiger charge is -2.26. The summed E-state index contributed by atoms with van der Waals surface area (Å²) in [6.07, 6.45) is 6.05. The van der Waals surface area contributed by atoms with Crippen LogP contribution >= 0.6 is 12.6 Å². The van der Waals surface area contributed by atoms with Crippen molar-refractivity contribution in [3.63, 3.8) is 0 Å². The van der Waals surface area contributed by atoms with E-state index in [9.17, 15) is 37.4 Å². The molecule has 4 unspecified atom stereocenters. The molecule has 5 aromatic rings. The number of thiol groups is 1. The second-order valence-electron chi connectivity index (χ2n) is 21.2. The molecule has 0 bridgehead atoms. The largest absolute Gasteiger partial charge is 0.390 e. The Bertz CT molecular complexity index is 2500. The van der Waals surface area contributed by atoms with Crippen molar-refractivity contribution >= 4 is 30.1 Å². The molecule has 0 saturated carbocycles. The van der Waals surface area contributed by atoms with Gasteiger partial charge in [0.05, 0.1) is 30.0 Å². The van der Waals surface area contributed by atoms with Gasteiger partial charge in [-0.2, -0.15) is 0 Å². The van der Waals surface area contributed by atoms with E-state index in [-0.39, 0.29) is 48.6 Å². The summed E-state index contributed by atoms with van der Waals surface area (Å²) in [4.78, 5) is 30.1. The van der Waals surface area contributed by atoms with Gasteiger partial charge in [-0.05, 0) is 119 Å². The Morgan fingerprint density at radius 3 is 1.42 bits per heavy atom. The normalized spacial score (nSPS) is 14.6. The monoisotopic (exact) mass is 1000 g/mol. The SMILES string of the molecule is CC(=O)NC(Cc1cc(F)cc(F)c1)C(O)CNCc1cc(CC(C)(C)C)ccc1-n1ccnc1S.CC(=O)NC(Cc1cc(F)cc(F)c1)C(O)CNCc1cc(CC(C)(C)C)ccc1N1CCCC1. The standard InChI is InChI=1S/C28H39F2N3O2.C27H34F2N4O2S/c1-19(34)32-25(14-21-12-23(29)15-24(30)13-21)27(35)18-31-17-22-11-20(16-28(2,3)4)7-8-26(22)33-9-5-6-10-33;1-17(34)32-23(12-19-10-21(28)13-22(29)11-19)25(35)16-30-15-20-9-18(14-27(2,3)4)5-6-24(20)33-8-7-31-26(33)36/h7-8,11-13,15,25,27,31,35H,5-6,9-10,14,16-18H2,1-4H3,(H,32,34);5-11,13,23,25,30,35H,12,14-16H2,1-4H3,(H,31,36)(H,32,34). The molecule has 71 heavy (non-hydrogen) atoms. The molecule has 6 N–H and O–H groups in total. The van der Waals surface area contributed by atoms with Crippen LogP contribution < -0.4 is 26.2 Å². The van der Waals surface area contributed by atoms with Crippen LogP contribution in [0.15, 0.2) is 90.3 Å². The Morgan fingerprint density at radius 2 is 1.04 bits per heavy atom. The minimum atomic E-state index is -0.991. The molecule has 1 saturated heterocycles. The fourth-order valence-corrected chi connectivity index (χ4v) is 9.28. The third kappa shape index (κ3) is 19.0. The minimum absolute atomic E-state index is 0.0848. The van der Waals surface area contributed by atoms with Crippen molar-refractivity contribution in [2.45, 2.75) is 136 Å². The molecule has 2 amide bonds. The number of benzene rings is 4. The molecule has 16 heteroatoms. The van der Waals surface area contributed by atoms with Gasteiger partial charge in [0, 0.05) is 83.3 Å². The Morgan fingerprint density at radius 1 is 0.634 bits per heavy atom. The van der Waals surface area contributed by atoms with Crippen LogP contribution in [0.4, 0.5) is 23.2 Å². The highest BCUT2D eigenvalue weighted by Gasteiger charge is 2.24. The van der Waals surface area contributed by atoms with Crippen LogP contribution in [0.2, 0.25) is 0 Å². The second-order valence-corrected chi connectivity index (χ2v) is 21.6. The average molecular weight is 1000 g/mol. The number of imidazole rings is 1. The number of nitrogens with zero attached hydrogens (tertiary/aromatic N) is 3. The fourth-order valence-electron chi connectivity index (χ4n) is 9.04. The van der Waals surface area contributed by atoms with Crippen molar-refractivity contribution < 1.29 is 37.4 Å². The van der Waals surface area contributed by atoms with Crippen LogP contribution in [0.3, 0.4) is 0 Å². The number of rotatable bonds is 20. The summed E-state index contributed by atoms with van der Waals surface area (Å²) in [7, 11) is 0. The number of carbonyl (C=O) groups excluding carboxylic acids is 2. The van der Waals surface area contributed by atoms with Gasteiger partial charge in [-0.3, -0.25) is 14.2 Å². The van der Waals surface area contributed by atoms with Crippen LogP contribution in [0, 0.1) is 34.1 Å². The number of carbonyl (C=O) groups is 2. The van der Waals surface area contributed by atoms with E-state index in [1.807, 2.05) is 16.8 Å². The van der Waals surface area contributed by atoms with E-state index in [0.29, 0.717) is 29.4 Å². The summed E-state index contributed by atoms with van der Waals surface area (Å²) >= 11 is 4.44. The van der Waals surface area contributed by atoms with Crippen molar-refractivity contribution in [1.82, 2.24) is 30.8 Å². The lowest BCUT2D eigenvalue weighted by molar-refractivity contribution is -0.121. The first-order valence-electron chi connectivity index (χ1n) is 24.3. The van der Waals surface area contributed by atoms with Gasteiger partial charge in [-0.1, -0.05) is 65.8 Å². The van der Waals surface area contributed by atoms with E-state index < -0.39 is 47.6 Å². The molecule has 386 valence electrons. The summed E-state index contributed by atoms with van der Waals surface area (Å²) in [6, 6.07) is 18.0. The predicted molar refractivity (Wildman–Crippen MR) is 276 cm³/mol. The quantitative estimate of drug-likeness (QED) is 0.0304. The van der Waals surface area contributed by atoms with Crippen LogP contribution in [0.25, 0.3) is 5.69 Å². The maximum atomic E-state index is 13.6. The molecule has 4 aromatic carbocycles. The van der Waals surface area contributed by atoms with Gasteiger partial charge < -0.3 is 36.4 Å². The Kier molecular flexibility index (Phi) is 20.7. The molecule has 0 spiro atoms. The van der Waals surface area contributed by atoms with Gasteiger partial charge in [-0.15, -0.1) is 12.6 Å². The highest BCUT2D eigenvalue weighted by molar-refractivity contribution is 7.80. The third-order valence-electron chi connectivity index (χ3n) is 11.9. The van der Waals surface area contributed by atoms with E-state index in [1.54, 1.807) is 6.20 Å². The molecule has 1 fully saturated rings. The Labute approximate surface area is 422 Å². The van der Waals surface area contributed by atoms with Crippen LogP contribution in [-0.4, -0.2) is 82.0 Å². The Hall–Kier alpha value is -5.26. The van der Waals surface area contributed by atoms with Crippen molar-refractivity contribution in [2.75, 3.05) is 31.1 Å². The third-order valence-corrected chi connectivity index (χ3v) is 12.2. The van der Waals surface area contributed by atoms with E-state index in [0.717, 1.165) is 49.3 Å². The molecule has 0 radical (unpaired) electrons. The summed E-state index contributed by atoms with van der Waals surface area (Å²) in [5.74, 6) is -3.42. The van der Waals surface area contributed by atoms with Crippen molar-refractivity contribution in [2.24, 2.45) is 10.8 Å².